The van der Waals surface area contributed by atoms with E-state index in [9.17, 15) is 0 Å². The zero-order valence-corrected chi connectivity index (χ0v) is 19.6. The van der Waals surface area contributed by atoms with Crippen LogP contribution in [-0.4, -0.2) is 31.0 Å². The van der Waals surface area contributed by atoms with Gasteiger partial charge in [0.05, 0.1) is 44.7 Å². The molecule has 34 heavy (non-hydrogen) atoms. The van der Waals surface area contributed by atoms with Gasteiger partial charge in [-0.3, -0.25) is 0 Å². The van der Waals surface area contributed by atoms with Crippen molar-refractivity contribution in [3.8, 4) is 0 Å². The highest BCUT2D eigenvalue weighted by Crippen LogP contribution is 2.29. The molecule has 3 aromatic carbocycles. The summed E-state index contributed by atoms with van der Waals surface area (Å²) in [5.74, 6) is 0. The van der Waals surface area contributed by atoms with E-state index in [1.807, 2.05) is 60.7 Å². The highest BCUT2D eigenvalue weighted by Gasteiger charge is 2.39. The molecule has 0 unspecified atom stereocenters. The molecule has 4 heteroatoms. The van der Waals surface area contributed by atoms with Gasteiger partial charge in [0, 0.05) is 6.42 Å². The largest absolute Gasteiger partial charge is 0.374 e. The first kappa shape index (κ1) is 24.4. The van der Waals surface area contributed by atoms with Gasteiger partial charge < -0.3 is 18.9 Å². The van der Waals surface area contributed by atoms with E-state index >= 15 is 0 Å². The standard InChI is InChI=1S/C30H34O4/c1-2-12-28-30(33-22-26-17-10-5-11-18-26)29(32-21-25-15-8-4-9-16-25)19-27(34-28)23-31-20-24-13-6-3-7-14-24/h2-11,13-18,27-30H,1,12,19-23H2/t27-,28+,29-,30+/m1/s1. The molecule has 178 valence electrons. The van der Waals surface area contributed by atoms with Crippen LogP contribution < -0.4 is 0 Å². The van der Waals surface area contributed by atoms with Crippen LogP contribution in [0, 0.1) is 0 Å². The number of rotatable bonds is 12. The molecule has 1 heterocycles. The first-order valence-electron chi connectivity index (χ1n) is 12.0. The lowest BCUT2D eigenvalue weighted by Gasteiger charge is -2.41. The van der Waals surface area contributed by atoms with Gasteiger partial charge in [0.1, 0.15) is 6.10 Å². The molecule has 1 aliphatic rings. The van der Waals surface area contributed by atoms with E-state index in [2.05, 4.69) is 43.0 Å². The molecule has 0 amide bonds. The Kier molecular flexibility index (Phi) is 9.47. The van der Waals surface area contributed by atoms with Gasteiger partial charge in [0.25, 0.3) is 0 Å². The van der Waals surface area contributed by atoms with Crippen molar-refractivity contribution in [2.75, 3.05) is 6.61 Å². The summed E-state index contributed by atoms with van der Waals surface area (Å²) in [5, 5.41) is 0. The monoisotopic (exact) mass is 458 g/mol. The molecule has 3 aromatic rings. The Bertz CT molecular complexity index is 961. The van der Waals surface area contributed by atoms with Crippen molar-refractivity contribution in [2.24, 2.45) is 0 Å². The summed E-state index contributed by atoms with van der Waals surface area (Å²) in [6.45, 7) is 6.08. The Hall–Kier alpha value is -2.76. The molecule has 4 rings (SSSR count). The fraction of sp³-hybridized carbons (Fsp3) is 0.333. The Morgan fingerprint density at radius 1 is 0.735 bits per heavy atom. The van der Waals surface area contributed by atoms with Gasteiger partial charge in [-0.05, 0) is 23.1 Å². The number of benzene rings is 3. The van der Waals surface area contributed by atoms with Crippen molar-refractivity contribution >= 4 is 0 Å². The predicted molar refractivity (Wildman–Crippen MR) is 134 cm³/mol. The second kappa shape index (κ2) is 13.2. The SMILES string of the molecule is C=CC[C@@H]1O[C@@H](COCc2ccccc2)C[C@@H](OCc2ccccc2)[C@H]1OCc1ccccc1. The third kappa shape index (κ3) is 7.37. The van der Waals surface area contributed by atoms with Crippen LogP contribution in [0.1, 0.15) is 29.5 Å². The number of hydrogen-bond donors (Lipinski definition) is 0. The van der Waals surface area contributed by atoms with Gasteiger partial charge in [-0.15, -0.1) is 6.58 Å². The van der Waals surface area contributed by atoms with Crippen molar-refractivity contribution in [2.45, 2.75) is 57.1 Å². The first-order valence-corrected chi connectivity index (χ1v) is 12.0. The minimum Gasteiger partial charge on any atom is -0.374 e. The third-order valence-corrected chi connectivity index (χ3v) is 6.00. The molecule has 1 aliphatic heterocycles. The van der Waals surface area contributed by atoms with Gasteiger partial charge >= 0.3 is 0 Å². The fourth-order valence-corrected chi connectivity index (χ4v) is 4.28. The Labute approximate surface area is 203 Å². The average Bonchev–Trinajstić information content (AvgIpc) is 2.89. The molecule has 0 spiro atoms. The first-order chi connectivity index (χ1) is 16.8. The molecule has 0 N–H and O–H groups in total. The van der Waals surface area contributed by atoms with E-state index in [0.29, 0.717) is 39.3 Å². The molecule has 4 atom stereocenters. The van der Waals surface area contributed by atoms with E-state index in [-0.39, 0.29) is 24.4 Å². The zero-order valence-electron chi connectivity index (χ0n) is 19.6. The van der Waals surface area contributed by atoms with Crippen molar-refractivity contribution in [3.05, 3.63) is 120 Å². The van der Waals surface area contributed by atoms with E-state index < -0.39 is 0 Å². The van der Waals surface area contributed by atoms with Gasteiger partial charge in [0.15, 0.2) is 0 Å². The van der Waals surface area contributed by atoms with Crippen LogP contribution in [0.2, 0.25) is 0 Å². The van der Waals surface area contributed by atoms with Crippen LogP contribution in [0.4, 0.5) is 0 Å². The van der Waals surface area contributed by atoms with Crippen molar-refractivity contribution < 1.29 is 18.9 Å². The normalized spacial score (nSPS) is 22.4. The van der Waals surface area contributed by atoms with Crippen LogP contribution in [-0.2, 0) is 38.8 Å². The van der Waals surface area contributed by atoms with Crippen LogP contribution in [0.25, 0.3) is 0 Å². The van der Waals surface area contributed by atoms with Crippen molar-refractivity contribution in [3.63, 3.8) is 0 Å². The summed E-state index contributed by atoms with van der Waals surface area (Å²) >= 11 is 0. The molecule has 1 saturated heterocycles. The summed E-state index contributed by atoms with van der Waals surface area (Å²) in [6, 6.07) is 30.7. The molecule has 0 aromatic heterocycles. The summed E-state index contributed by atoms with van der Waals surface area (Å²) in [5.41, 5.74) is 3.44. The quantitative estimate of drug-likeness (QED) is 0.307. The lowest BCUT2D eigenvalue weighted by molar-refractivity contribution is -0.215. The molecule has 1 fully saturated rings. The minimum absolute atomic E-state index is 0.0639. The average molecular weight is 459 g/mol. The minimum atomic E-state index is -0.188. The molecule has 0 aliphatic carbocycles. The van der Waals surface area contributed by atoms with E-state index in [1.54, 1.807) is 0 Å². The van der Waals surface area contributed by atoms with Gasteiger partial charge in [-0.2, -0.15) is 0 Å². The fourth-order valence-electron chi connectivity index (χ4n) is 4.28. The number of hydrogen-bond acceptors (Lipinski definition) is 4. The molecule has 4 nitrogen and oxygen atoms in total. The van der Waals surface area contributed by atoms with E-state index in [1.165, 1.54) is 0 Å². The smallest absolute Gasteiger partial charge is 0.111 e. The molecule has 0 bridgehead atoms. The lowest BCUT2D eigenvalue weighted by Crippen LogP contribution is -2.51. The van der Waals surface area contributed by atoms with Crippen LogP contribution in [0.15, 0.2) is 104 Å². The Morgan fingerprint density at radius 3 is 1.82 bits per heavy atom. The maximum Gasteiger partial charge on any atom is 0.111 e. The number of ether oxygens (including phenoxy) is 4. The second-order valence-corrected chi connectivity index (χ2v) is 8.65. The highest BCUT2D eigenvalue weighted by molar-refractivity contribution is 5.15. The second-order valence-electron chi connectivity index (χ2n) is 8.65. The van der Waals surface area contributed by atoms with E-state index in [4.69, 9.17) is 18.9 Å². The summed E-state index contributed by atoms with van der Waals surface area (Å²) in [7, 11) is 0. The lowest BCUT2D eigenvalue weighted by atomic mass is 9.95. The molecule has 0 saturated carbocycles. The zero-order chi connectivity index (χ0) is 23.4. The summed E-state index contributed by atoms with van der Waals surface area (Å²) in [4.78, 5) is 0. The highest BCUT2D eigenvalue weighted by atomic mass is 16.6. The maximum atomic E-state index is 6.45. The van der Waals surface area contributed by atoms with E-state index in [0.717, 1.165) is 16.7 Å². The van der Waals surface area contributed by atoms with Gasteiger partial charge in [0.2, 0.25) is 0 Å². The van der Waals surface area contributed by atoms with Crippen molar-refractivity contribution in [1.82, 2.24) is 0 Å². The van der Waals surface area contributed by atoms with Crippen LogP contribution >= 0.6 is 0 Å². The topological polar surface area (TPSA) is 36.9 Å². The predicted octanol–water partition coefficient (Wildman–Crippen LogP) is 6.11. The Morgan fingerprint density at radius 2 is 1.26 bits per heavy atom. The molecule has 0 radical (unpaired) electrons. The summed E-state index contributed by atoms with van der Waals surface area (Å²) in [6.07, 6.45) is 2.81. The van der Waals surface area contributed by atoms with Crippen molar-refractivity contribution in [1.29, 1.82) is 0 Å². The molecular formula is C30H34O4. The summed E-state index contributed by atoms with van der Waals surface area (Å²) < 4.78 is 25.3. The van der Waals surface area contributed by atoms with Crippen LogP contribution in [0.5, 0.6) is 0 Å². The maximum absolute atomic E-state index is 6.45. The molecular weight excluding hydrogens is 424 g/mol. The third-order valence-electron chi connectivity index (χ3n) is 6.00. The van der Waals surface area contributed by atoms with Gasteiger partial charge in [-0.25, -0.2) is 0 Å². The Balaban J connectivity index is 1.42. The van der Waals surface area contributed by atoms with Gasteiger partial charge in [-0.1, -0.05) is 97.1 Å². The van der Waals surface area contributed by atoms with Crippen LogP contribution in [0.3, 0.4) is 0 Å².